The summed E-state index contributed by atoms with van der Waals surface area (Å²) in [7, 11) is 0. The van der Waals surface area contributed by atoms with Crippen LogP contribution in [-0.4, -0.2) is 29.4 Å². The van der Waals surface area contributed by atoms with E-state index in [0.717, 1.165) is 11.3 Å². The zero-order valence-corrected chi connectivity index (χ0v) is 10.6. The van der Waals surface area contributed by atoms with Gasteiger partial charge in [0.1, 0.15) is 13.2 Å². The van der Waals surface area contributed by atoms with E-state index in [0.29, 0.717) is 37.1 Å². The topological polar surface area (TPSA) is 83.4 Å². The molecule has 19 heavy (non-hydrogen) atoms. The van der Waals surface area contributed by atoms with Gasteiger partial charge in [-0.1, -0.05) is 5.16 Å². The zero-order valence-electron chi connectivity index (χ0n) is 10.6. The van der Waals surface area contributed by atoms with Gasteiger partial charge in [-0.2, -0.15) is 4.98 Å². The summed E-state index contributed by atoms with van der Waals surface area (Å²) < 4.78 is 16.2. The van der Waals surface area contributed by atoms with E-state index in [4.69, 9.17) is 19.7 Å². The molecule has 0 fully saturated rings. The fourth-order valence-corrected chi connectivity index (χ4v) is 1.92. The largest absolute Gasteiger partial charge is 0.486 e. The minimum atomic E-state index is 0.00529. The summed E-state index contributed by atoms with van der Waals surface area (Å²) >= 11 is 0. The summed E-state index contributed by atoms with van der Waals surface area (Å²) in [5, 5.41) is 3.91. The average Bonchev–Trinajstić information content (AvgIpc) is 2.86. The van der Waals surface area contributed by atoms with Crippen LogP contribution in [0.3, 0.4) is 0 Å². The summed E-state index contributed by atoms with van der Waals surface area (Å²) in [4.78, 5) is 4.32. The Kier molecular flexibility index (Phi) is 3.08. The molecule has 2 heterocycles. The van der Waals surface area contributed by atoms with Crippen LogP contribution in [0.5, 0.6) is 11.5 Å². The van der Waals surface area contributed by atoms with Crippen molar-refractivity contribution in [1.29, 1.82) is 0 Å². The number of fused-ring (bicyclic) bond motifs is 1. The molecular weight excluding hydrogens is 246 g/mol. The number of hydrogen-bond donors (Lipinski definition) is 1. The molecule has 1 unspecified atom stereocenters. The monoisotopic (exact) mass is 261 g/mol. The van der Waals surface area contributed by atoms with Gasteiger partial charge in [0.2, 0.25) is 0 Å². The lowest BCUT2D eigenvalue weighted by atomic mass is 10.2. The summed E-state index contributed by atoms with van der Waals surface area (Å²) in [6, 6.07) is 5.57. The first kappa shape index (κ1) is 12.0. The van der Waals surface area contributed by atoms with Gasteiger partial charge in [0, 0.05) is 18.0 Å². The van der Waals surface area contributed by atoms with Crippen molar-refractivity contribution in [3.05, 3.63) is 24.0 Å². The third-order valence-corrected chi connectivity index (χ3v) is 2.76. The van der Waals surface area contributed by atoms with E-state index < -0.39 is 0 Å². The molecule has 0 amide bonds. The molecule has 6 heteroatoms. The predicted octanol–water partition coefficient (Wildman–Crippen LogP) is 1.40. The lowest BCUT2D eigenvalue weighted by Crippen LogP contribution is -2.18. The molecule has 100 valence electrons. The number of benzene rings is 1. The van der Waals surface area contributed by atoms with Gasteiger partial charge in [-0.25, -0.2) is 0 Å². The smallest absolute Gasteiger partial charge is 0.258 e. The molecule has 1 aliphatic rings. The number of ether oxygens (including phenoxy) is 2. The number of hydrogen-bond acceptors (Lipinski definition) is 6. The highest BCUT2D eigenvalue weighted by molar-refractivity contribution is 5.60. The molecule has 1 atom stereocenters. The van der Waals surface area contributed by atoms with Crippen LogP contribution in [0, 0.1) is 0 Å². The van der Waals surface area contributed by atoms with Crippen LogP contribution in [0.15, 0.2) is 22.7 Å². The van der Waals surface area contributed by atoms with Gasteiger partial charge in [-0.15, -0.1) is 0 Å². The predicted molar refractivity (Wildman–Crippen MR) is 68.1 cm³/mol. The van der Waals surface area contributed by atoms with Crippen LogP contribution in [0.1, 0.15) is 12.7 Å². The Bertz CT molecular complexity index is 580. The van der Waals surface area contributed by atoms with Crippen LogP contribution in [0.25, 0.3) is 11.5 Å². The molecular formula is C13H15N3O3. The number of rotatable bonds is 3. The molecule has 6 nitrogen and oxygen atoms in total. The second-order valence-corrected chi connectivity index (χ2v) is 4.56. The van der Waals surface area contributed by atoms with Gasteiger partial charge in [0.25, 0.3) is 5.89 Å². The van der Waals surface area contributed by atoms with Crippen LogP contribution in [0.4, 0.5) is 0 Å². The maximum atomic E-state index is 5.71. The lowest BCUT2D eigenvalue weighted by molar-refractivity contribution is 0.171. The molecule has 1 aromatic carbocycles. The van der Waals surface area contributed by atoms with Crippen molar-refractivity contribution in [3.63, 3.8) is 0 Å². The van der Waals surface area contributed by atoms with Gasteiger partial charge in [-0.3, -0.25) is 0 Å². The van der Waals surface area contributed by atoms with Gasteiger partial charge in [0.15, 0.2) is 17.3 Å². The Hall–Kier alpha value is -2.08. The fraction of sp³-hybridized carbons (Fsp3) is 0.385. The third-order valence-electron chi connectivity index (χ3n) is 2.76. The molecule has 1 aromatic heterocycles. The Morgan fingerprint density at radius 3 is 2.84 bits per heavy atom. The Morgan fingerprint density at radius 2 is 2.05 bits per heavy atom. The first-order chi connectivity index (χ1) is 9.22. The fourth-order valence-electron chi connectivity index (χ4n) is 1.92. The second-order valence-electron chi connectivity index (χ2n) is 4.56. The van der Waals surface area contributed by atoms with E-state index in [2.05, 4.69) is 10.1 Å². The maximum Gasteiger partial charge on any atom is 0.258 e. The Labute approximate surface area is 110 Å². The van der Waals surface area contributed by atoms with Crippen molar-refractivity contribution in [3.8, 4) is 23.0 Å². The van der Waals surface area contributed by atoms with Crippen molar-refractivity contribution in [1.82, 2.24) is 10.1 Å². The molecule has 0 spiro atoms. The minimum absolute atomic E-state index is 0.00529. The maximum absolute atomic E-state index is 5.71. The quantitative estimate of drug-likeness (QED) is 0.899. The average molecular weight is 261 g/mol. The van der Waals surface area contributed by atoms with Crippen LogP contribution < -0.4 is 15.2 Å². The van der Waals surface area contributed by atoms with Crippen LogP contribution >= 0.6 is 0 Å². The van der Waals surface area contributed by atoms with E-state index in [1.165, 1.54) is 0 Å². The van der Waals surface area contributed by atoms with Crippen LogP contribution in [-0.2, 0) is 6.42 Å². The van der Waals surface area contributed by atoms with Gasteiger partial charge < -0.3 is 19.7 Å². The van der Waals surface area contributed by atoms with Crippen molar-refractivity contribution in [2.45, 2.75) is 19.4 Å². The standard InChI is InChI=1S/C13H15N3O3/c1-8(14)6-12-15-13(19-16-12)9-2-3-10-11(7-9)18-5-4-17-10/h2-3,7-8H,4-6,14H2,1H3. The highest BCUT2D eigenvalue weighted by atomic mass is 16.6. The zero-order chi connectivity index (χ0) is 13.2. The van der Waals surface area contributed by atoms with Crippen LogP contribution in [0.2, 0.25) is 0 Å². The molecule has 2 aromatic rings. The lowest BCUT2D eigenvalue weighted by Gasteiger charge is -2.18. The SMILES string of the molecule is CC(N)Cc1noc(-c2ccc3c(c2)OCCO3)n1. The van der Waals surface area contributed by atoms with Crippen molar-refractivity contribution in [2.75, 3.05) is 13.2 Å². The molecule has 0 bridgehead atoms. The highest BCUT2D eigenvalue weighted by Crippen LogP contribution is 2.33. The third kappa shape index (κ3) is 2.53. The van der Waals surface area contributed by atoms with Gasteiger partial charge in [-0.05, 0) is 25.1 Å². The van der Waals surface area contributed by atoms with Gasteiger partial charge >= 0.3 is 0 Å². The number of nitrogens with two attached hydrogens (primary N) is 1. The Morgan fingerprint density at radius 1 is 1.26 bits per heavy atom. The first-order valence-corrected chi connectivity index (χ1v) is 6.20. The van der Waals surface area contributed by atoms with Crippen molar-refractivity contribution in [2.24, 2.45) is 5.73 Å². The molecule has 0 saturated carbocycles. The number of nitrogens with zero attached hydrogens (tertiary/aromatic N) is 2. The normalized spacial score (nSPS) is 15.3. The van der Waals surface area contributed by atoms with Crippen molar-refractivity contribution < 1.29 is 14.0 Å². The van der Waals surface area contributed by atoms with E-state index >= 15 is 0 Å². The summed E-state index contributed by atoms with van der Waals surface area (Å²) in [6.07, 6.45) is 0.591. The molecule has 0 saturated heterocycles. The van der Waals surface area contributed by atoms with E-state index in [9.17, 15) is 0 Å². The van der Waals surface area contributed by atoms with E-state index in [1.54, 1.807) is 0 Å². The minimum Gasteiger partial charge on any atom is -0.486 e. The molecule has 0 radical (unpaired) electrons. The Balaban J connectivity index is 1.87. The molecule has 2 N–H and O–H groups in total. The summed E-state index contributed by atoms with van der Waals surface area (Å²) in [6.45, 7) is 3.03. The second kappa shape index (κ2) is 4.89. The van der Waals surface area contributed by atoms with E-state index in [1.807, 2.05) is 25.1 Å². The summed E-state index contributed by atoms with van der Waals surface area (Å²) in [5.74, 6) is 2.52. The summed E-state index contributed by atoms with van der Waals surface area (Å²) in [5.41, 5.74) is 6.52. The van der Waals surface area contributed by atoms with Crippen molar-refractivity contribution >= 4 is 0 Å². The molecule has 0 aliphatic carbocycles. The van der Waals surface area contributed by atoms with Gasteiger partial charge in [0.05, 0.1) is 0 Å². The number of aromatic nitrogens is 2. The molecule has 3 rings (SSSR count). The first-order valence-electron chi connectivity index (χ1n) is 6.20. The molecule has 1 aliphatic heterocycles. The highest BCUT2D eigenvalue weighted by Gasteiger charge is 2.15. The van der Waals surface area contributed by atoms with E-state index in [-0.39, 0.29) is 6.04 Å².